The molecule has 11 heteroatoms. The monoisotopic (exact) mass is 535 g/mol. The highest BCUT2D eigenvalue weighted by Gasteiger charge is 2.40. The highest BCUT2D eigenvalue weighted by Crippen LogP contribution is 2.39. The summed E-state index contributed by atoms with van der Waals surface area (Å²) in [5, 5.41) is 2.53. The number of hydrogen-bond acceptors (Lipinski definition) is 5. The normalized spacial score (nSPS) is 11.4. The van der Waals surface area contributed by atoms with Crippen molar-refractivity contribution in [2.24, 2.45) is 0 Å². The number of para-hydroxylation sites is 1. The molecular formula is C26H18ClF4NO5. The first-order chi connectivity index (χ1) is 17.4. The zero-order valence-corrected chi connectivity index (χ0v) is 20.1. The Morgan fingerprint density at radius 1 is 1.03 bits per heavy atom. The Morgan fingerprint density at radius 3 is 2.35 bits per heavy atom. The summed E-state index contributed by atoms with van der Waals surface area (Å²) >= 11 is 6.10. The van der Waals surface area contributed by atoms with Crippen LogP contribution in [0.3, 0.4) is 0 Å². The second kappa shape index (κ2) is 10.1. The van der Waals surface area contributed by atoms with E-state index in [2.05, 4.69) is 5.32 Å². The van der Waals surface area contributed by atoms with Crippen LogP contribution < -0.4 is 20.2 Å². The number of benzene rings is 3. The van der Waals surface area contributed by atoms with Crippen LogP contribution in [0.2, 0.25) is 5.02 Å². The van der Waals surface area contributed by atoms with Crippen LogP contribution in [0, 0.1) is 19.7 Å². The van der Waals surface area contributed by atoms with Crippen molar-refractivity contribution in [2.45, 2.75) is 20.0 Å². The Kier molecular flexibility index (Phi) is 7.13. The van der Waals surface area contributed by atoms with E-state index in [1.54, 1.807) is 13.8 Å². The van der Waals surface area contributed by atoms with Gasteiger partial charge in [-0.05, 0) is 61.4 Å². The highest BCUT2D eigenvalue weighted by atomic mass is 35.5. The van der Waals surface area contributed by atoms with Crippen LogP contribution in [0.1, 0.15) is 16.9 Å². The molecule has 192 valence electrons. The van der Waals surface area contributed by atoms with Gasteiger partial charge in [0.1, 0.15) is 22.9 Å². The van der Waals surface area contributed by atoms with Crippen molar-refractivity contribution in [2.75, 3.05) is 11.9 Å². The Balaban J connectivity index is 1.64. The van der Waals surface area contributed by atoms with E-state index in [4.69, 9.17) is 25.5 Å². The van der Waals surface area contributed by atoms with Crippen LogP contribution in [0.5, 0.6) is 17.2 Å². The fourth-order valence-corrected chi connectivity index (χ4v) is 3.62. The molecule has 1 aromatic heterocycles. The first-order valence-electron chi connectivity index (χ1n) is 10.7. The minimum atomic E-state index is -5.06. The average molecular weight is 536 g/mol. The Bertz CT molecular complexity index is 1540. The summed E-state index contributed by atoms with van der Waals surface area (Å²) < 4.78 is 70.9. The first-order valence-corrected chi connectivity index (χ1v) is 11.1. The Morgan fingerprint density at radius 2 is 1.70 bits per heavy atom. The molecule has 3 aromatic carbocycles. The maximum atomic E-state index is 13.8. The molecule has 6 nitrogen and oxygen atoms in total. The number of carbonyl (C=O) groups is 1. The maximum absolute atomic E-state index is 13.8. The zero-order valence-electron chi connectivity index (χ0n) is 19.3. The number of halogens is 5. The van der Waals surface area contributed by atoms with Crippen LogP contribution in [0.4, 0.5) is 23.2 Å². The SMILES string of the molecule is Cc1cc(Oc2c(C(F)(F)F)oc3cc(OCC(=O)Nc4ccccc4F)ccc3c2=O)cc(C)c1Cl. The zero-order chi connectivity index (χ0) is 26.9. The third-order valence-corrected chi connectivity index (χ3v) is 5.82. The van der Waals surface area contributed by atoms with Gasteiger partial charge in [0.25, 0.3) is 11.7 Å². The van der Waals surface area contributed by atoms with Crippen LogP contribution in [0.15, 0.2) is 63.8 Å². The summed E-state index contributed by atoms with van der Waals surface area (Å²) in [5.74, 6) is -4.09. The quantitative estimate of drug-likeness (QED) is 0.268. The van der Waals surface area contributed by atoms with E-state index in [1.807, 2.05) is 0 Å². The largest absolute Gasteiger partial charge is 0.484 e. The second-order valence-corrected chi connectivity index (χ2v) is 8.41. The molecule has 0 spiro atoms. The molecule has 4 aromatic rings. The van der Waals surface area contributed by atoms with E-state index in [-0.39, 0.29) is 22.6 Å². The van der Waals surface area contributed by atoms with Crippen LogP contribution in [-0.4, -0.2) is 12.5 Å². The van der Waals surface area contributed by atoms with Gasteiger partial charge < -0.3 is 19.2 Å². The molecule has 0 atom stereocenters. The second-order valence-electron chi connectivity index (χ2n) is 8.03. The molecule has 1 amide bonds. The molecule has 1 N–H and O–H groups in total. The van der Waals surface area contributed by atoms with Crippen molar-refractivity contribution in [3.8, 4) is 17.2 Å². The third-order valence-electron chi connectivity index (χ3n) is 5.23. The number of alkyl halides is 3. The molecule has 4 rings (SSSR count). The summed E-state index contributed by atoms with van der Waals surface area (Å²) in [6.07, 6.45) is -5.06. The van der Waals surface area contributed by atoms with E-state index < -0.39 is 47.0 Å². The van der Waals surface area contributed by atoms with E-state index in [1.165, 1.54) is 42.5 Å². The van der Waals surface area contributed by atoms with Gasteiger partial charge in [0.2, 0.25) is 11.2 Å². The minimum Gasteiger partial charge on any atom is -0.484 e. The number of ether oxygens (including phenoxy) is 2. The summed E-state index contributed by atoms with van der Waals surface area (Å²) in [5.41, 5.74) is -0.440. The molecule has 0 aliphatic heterocycles. The lowest BCUT2D eigenvalue weighted by Gasteiger charge is -2.15. The Hall–Kier alpha value is -4.05. The van der Waals surface area contributed by atoms with Crippen molar-refractivity contribution in [3.63, 3.8) is 0 Å². The smallest absolute Gasteiger partial charge is 0.453 e. The number of anilines is 1. The van der Waals surface area contributed by atoms with Crippen molar-refractivity contribution < 1.29 is 36.2 Å². The predicted octanol–water partition coefficient (Wildman–Crippen LogP) is 7.03. The molecule has 37 heavy (non-hydrogen) atoms. The van der Waals surface area contributed by atoms with Gasteiger partial charge in [-0.3, -0.25) is 9.59 Å². The van der Waals surface area contributed by atoms with Gasteiger partial charge in [0.15, 0.2) is 6.61 Å². The number of nitrogens with one attached hydrogen (secondary N) is 1. The molecule has 0 saturated heterocycles. The van der Waals surface area contributed by atoms with Gasteiger partial charge in [-0.25, -0.2) is 4.39 Å². The van der Waals surface area contributed by atoms with Gasteiger partial charge in [0.05, 0.1) is 11.1 Å². The molecular weight excluding hydrogens is 518 g/mol. The number of amides is 1. The minimum absolute atomic E-state index is 0.0163. The van der Waals surface area contributed by atoms with Gasteiger partial charge in [-0.15, -0.1) is 0 Å². The third kappa shape index (κ3) is 5.69. The van der Waals surface area contributed by atoms with Crippen molar-refractivity contribution in [1.82, 2.24) is 0 Å². The fraction of sp³-hybridized carbons (Fsp3) is 0.154. The predicted molar refractivity (Wildman–Crippen MR) is 129 cm³/mol. The lowest BCUT2D eigenvalue weighted by Crippen LogP contribution is -2.20. The van der Waals surface area contributed by atoms with Gasteiger partial charge in [-0.1, -0.05) is 23.7 Å². The summed E-state index contributed by atoms with van der Waals surface area (Å²) in [6, 6.07) is 11.8. The molecule has 0 aliphatic rings. The number of hydrogen-bond donors (Lipinski definition) is 1. The lowest BCUT2D eigenvalue weighted by atomic mass is 10.1. The van der Waals surface area contributed by atoms with Crippen molar-refractivity contribution in [1.29, 1.82) is 0 Å². The van der Waals surface area contributed by atoms with E-state index in [9.17, 15) is 27.2 Å². The van der Waals surface area contributed by atoms with Gasteiger partial charge >= 0.3 is 6.18 Å². The molecule has 0 fully saturated rings. The van der Waals surface area contributed by atoms with Crippen LogP contribution >= 0.6 is 11.6 Å². The average Bonchev–Trinajstić information content (AvgIpc) is 2.83. The Labute approximate surface area is 212 Å². The summed E-state index contributed by atoms with van der Waals surface area (Å²) in [4.78, 5) is 25.1. The number of fused-ring (bicyclic) bond motifs is 1. The molecule has 0 bridgehead atoms. The molecule has 0 radical (unpaired) electrons. The molecule has 1 heterocycles. The molecule has 0 saturated carbocycles. The van der Waals surface area contributed by atoms with Crippen LogP contribution in [0.25, 0.3) is 11.0 Å². The highest BCUT2D eigenvalue weighted by molar-refractivity contribution is 6.32. The lowest BCUT2D eigenvalue weighted by molar-refractivity contribution is -0.154. The standard InChI is InChI=1S/C26H18ClF4NO5/c1-13-9-16(10-14(2)22(13)27)36-24-23(34)17-8-7-15(11-20(17)37-25(24)26(29,30)31)35-12-21(33)32-19-6-4-3-5-18(19)28/h3-11H,12H2,1-2H3,(H,32,33). The summed E-state index contributed by atoms with van der Waals surface area (Å²) in [6.45, 7) is 2.72. The van der Waals surface area contributed by atoms with E-state index >= 15 is 0 Å². The number of aryl methyl sites for hydroxylation is 2. The van der Waals surface area contributed by atoms with E-state index in [0.29, 0.717) is 16.1 Å². The number of carbonyl (C=O) groups excluding carboxylic acids is 1. The van der Waals surface area contributed by atoms with Gasteiger partial charge in [-0.2, -0.15) is 13.2 Å². The van der Waals surface area contributed by atoms with Crippen LogP contribution in [-0.2, 0) is 11.0 Å². The van der Waals surface area contributed by atoms with Crippen molar-refractivity contribution >= 4 is 34.2 Å². The van der Waals surface area contributed by atoms with Crippen molar-refractivity contribution in [3.05, 3.63) is 92.5 Å². The first kappa shape index (κ1) is 26.0. The van der Waals surface area contributed by atoms with Gasteiger partial charge in [0, 0.05) is 11.1 Å². The van der Waals surface area contributed by atoms with E-state index in [0.717, 1.165) is 12.1 Å². The fourth-order valence-electron chi connectivity index (χ4n) is 3.51. The molecule has 0 unspecified atom stereocenters. The number of rotatable bonds is 6. The maximum Gasteiger partial charge on any atom is 0.453 e. The topological polar surface area (TPSA) is 77.8 Å². The molecule has 0 aliphatic carbocycles. The summed E-state index contributed by atoms with van der Waals surface area (Å²) in [7, 11) is 0.